The summed E-state index contributed by atoms with van der Waals surface area (Å²) >= 11 is 3.28. The normalized spacial score (nSPS) is 10.4. The van der Waals surface area contributed by atoms with E-state index in [2.05, 4.69) is 21.2 Å². The minimum Gasteiger partial charge on any atom is -0.352 e. The van der Waals surface area contributed by atoms with E-state index in [0.717, 1.165) is 10.0 Å². The van der Waals surface area contributed by atoms with Crippen LogP contribution in [0, 0.1) is 5.82 Å². The summed E-state index contributed by atoms with van der Waals surface area (Å²) in [5.41, 5.74) is 0.675. The molecule has 21 heavy (non-hydrogen) atoms. The molecule has 1 aromatic carbocycles. The number of aryl methyl sites for hydroxylation is 1. The summed E-state index contributed by atoms with van der Waals surface area (Å²) in [5, 5.41) is 2.73. The molecular weight excluding hydrogens is 339 g/mol. The highest BCUT2D eigenvalue weighted by molar-refractivity contribution is 9.10. The van der Waals surface area contributed by atoms with E-state index in [1.54, 1.807) is 24.4 Å². The quantitative estimate of drug-likeness (QED) is 0.898. The van der Waals surface area contributed by atoms with Crippen LogP contribution in [0.15, 0.2) is 51.9 Å². The highest BCUT2D eigenvalue weighted by Crippen LogP contribution is 2.05. The number of halogens is 2. The van der Waals surface area contributed by atoms with Crippen molar-refractivity contribution in [3.05, 3.63) is 68.8 Å². The molecule has 0 unspecified atom stereocenters. The van der Waals surface area contributed by atoms with Crippen LogP contribution in [0.2, 0.25) is 0 Å². The lowest BCUT2D eigenvalue weighted by Gasteiger charge is -2.07. The van der Waals surface area contributed by atoms with Gasteiger partial charge in [0.05, 0.1) is 0 Å². The van der Waals surface area contributed by atoms with E-state index in [0.29, 0.717) is 13.1 Å². The topological polar surface area (TPSA) is 51.1 Å². The third kappa shape index (κ3) is 4.82. The van der Waals surface area contributed by atoms with Gasteiger partial charge in [-0.1, -0.05) is 12.1 Å². The van der Waals surface area contributed by atoms with Crippen molar-refractivity contribution in [1.82, 2.24) is 9.88 Å². The molecular formula is C15H14BrFN2O2. The minimum absolute atomic E-state index is 0.149. The lowest BCUT2D eigenvalue weighted by Crippen LogP contribution is -2.26. The fraction of sp³-hybridized carbons (Fsp3) is 0.200. The number of hydrogen-bond acceptors (Lipinski definition) is 2. The molecule has 0 saturated carbocycles. The van der Waals surface area contributed by atoms with E-state index in [-0.39, 0.29) is 23.7 Å². The number of rotatable bonds is 5. The Kier molecular flexibility index (Phi) is 5.27. The van der Waals surface area contributed by atoms with E-state index in [9.17, 15) is 14.0 Å². The predicted octanol–water partition coefficient (Wildman–Crippen LogP) is 2.46. The van der Waals surface area contributed by atoms with Crippen molar-refractivity contribution >= 4 is 21.8 Å². The summed E-state index contributed by atoms with van der Waals surface area (Å²) < 4.78 is 15.0. The average Bonchev–Trinajstić information content (AvgIpc) is 2.47. The Morgan fingerprint density at radius 1 is 1.19 bits per heavy atom. The maximum Gasteiger partial charge on any atom is 0.250 e. The van der Waals surface area contributed by atoms with Crippen LogP contribution in [0.4, 0.5) is 4.39 Å². The van der Waals surface area contributed by atoms with Gasteiger partial charge in [-0.05, 0) is 39.7 Å². The number of nitrogens with zero attached hydrogens (tertiary/aromatic N) is 1. The molecule has 1 amide bonds. The fourth-order valence-corrected chi connectivity index (χ4v) is 2.17. The fourth-order valence-electron chi connectivity index (χ4n) is 1.79. The molecule has 1 aromatic heterocycles. The van der Waals surface area contributed by atoms with E-state index >= 15 is 0 Å². The van der Waals surface area contributed by atoms with Gasteiger partial charge in [0.15, 0.2) is 0 Å². The van der Waals surface area contributed by atoms with Gasteiger partial charge in [0.25, 0.3) is 5.56 Å². The van der Waals surface area contributed by atoms with Gasteiger partial charge < -0.3 is 9.88 Å². The zero-order valence-electron chi connectivity index (χ0n) is 11.2. The van der Waals surface area contributed by atoms with Crippen molar-refractivity contribution < 1.29 is 9.18 Å². The Morgan fingerprint density at radius 2 is 1.90 bits per heavy atom. The Labute approximate surface area is 129 Å². The molecule has 0 atom stereocenters. The van der Waals surface area contributed by atoms with E-state index in [1.165, 1.54) is 22.8 Å². The molecule has 2 aromatic rings. The second-order valence-electron chi connectivity index (χ2n) is 4.53. The van der Waals surface area contributed by atoms with Crippen LogP contribution in [-0.4, -0.2) is 10.5 Å². The third-order valence-corrected chi connectivity index (χ3v) is 3.40. The Morgan fingerprint density at radius 3 is 2.62 bits per heavy atom. The van der Waals surface area contributed by atoms with Gasteiger partial charge >= 0.3 is 0 Å². The summed E-state index contributed by atoms with van der Waals surface area (Å²) in [6.07, 6.45) is 1.85. The SMILES string of the molecule is O=C(CCn1cc(Br)ccc1=O)NCc1ccc(F)cc1. The van der Waals surface area contributed by atoms with Crippen molar-refractivity contribution in [2.75, 3.05) is 0 Å². The summed E-state index contributed by atoms with van der Waals surface area (Å²) in [5.74, 6) is -0.467. The first kappa shape index (κ1) is 15.4. The van der Waals surface area contributed by atoms with Crippen molar-refractivity contribution in [3.8, 4) is 0 Å². The van der Waals surface area contributed by atoms with E-state index < -0.39 is 0 Å². The summed E-state index contributed by atoms with van der Waals surface area (Å²) in [4.78, 5) is 23.3. The molecule has 6 heteroatoms. The zero-order chi connectivity index (χ0) is 15.2. The number of benzene rings is 1. The Hall–Kier alpha value is -1.95. The largest absolute Gasteiger partial charge is 0.352 e. The van der Waals surface area contributed by atoms with Crippen LogP contribution in [0.25, 0.3) is 0 Å². The molecule has 0 fully saturated rings. The van der Waals surface area contributed by atoms with Gasteiger partial charge in [-0.2, -0.15) is 0 Å². The number of pyridine rings is 1. The molecule has 0 aliphatic carbocycles. The molecule has 1 heterocycles. The summed E-state index contributed by atoms with van der Waals surface area (Å²) in [6.45, 7) is 0.653. The second-order valence-corrected chi connectivity index (χ2v) is 5.45. The van der Waals surface area contributed by atoms with Gasteiger partial charge in [0.1, 0.15) is 5.82 Å². The molecule has 110 valence electrons. The van der Waals surface area contributed by atoms with Crippen LogP contribution in [0.1, 0.15) is 12.0 Å². The van der Waals surface area contributed by atoms with Crippen LogP contribution in [-0.2, 0) is 17.9 Å². The molecule has 2 rings (SSSR count). The van der Waals surface area contributed by atoms with Crippen LogP contribution in [0.5, 0.6) is 0 Å². The second kappa shape index (κ2) is 7.17. The van der Waals surface area contributed by atoms with Gasteiger partial charge in [-0.25, -0.2) is 4.39 Å². The van der Waals surface area contributed by atoms with Gasteiger partial charge in [0.2, 0.25) is 5.91 Å². The van der Waals surface area contributed by atoms with Gasteiger partial charge in [0, 0.05) is 36.2 Å². The monoisotopic (exact) mass is 352 g/mol. The first-order chi connectivity index (χ1) is 10.0. The van der Waals surface area contributed by atoms with Crippen molar-refractivity contribution in [1.29, 1.82) is 0 Å². The summed E-state index contributed by atoms with van der Waals surface area (Å²) in [6, 6.07) is 9.04. The zero-order valence-corrected chi connectivity index (χ0v) is 12.8. The number of amides is 1. The Balaban J connectivity index is 1.83. The Bertz CT molecular complexity index is 683. The van der Waals surface area contributed by atoms with Crippen molar-refractivity contribution in [2.45, 2.75) is 19.5 Å². The number of carbonyl (C=O) groups excluding carboxylic acids is 1. The number of aromatic nitrogens is 1. The minimum atomic E-state index is -0.306. The molecule has 0 bridgehead atoms. The van der Waals surface area contributed by atoms with Gasteiger partial charge in [-0.15, -0.1) is 0 Å². The molecule has 4 nitrogen and oxygen atoms in total. The summed E-state index contributed by atoms with van der Waals surface area (Å²) in [7, 11) is 0. The number of nitrogens with one attached hydrogen (secondary N) is 1. The lowest BCUT2D eigenvalue weighted by atomic mass is 10.2. The van der Waals surface area contributed by atoms with Crippen molar-refractivity contribution in [3.63, 3.8) is 0 Å². The highest BCUT2D eigenvalue weighted by atomic mass is 79.9. The van der Waals surface area contributed by atoms with Crippen LogP contribution >= 0.6 is 15.9 Å². The molecule has 0 aliphatic rings. The number of hydrogen-bond donors (Lipinski definition) is 1. The highest BCUT2D eigenvalue weighted by Gasteiger charge is 2.04. The van der Waals surface area contributed by atoms with E-state index in [1.807, 2.05) is 0 Å². The standard InChI is InChI=1S/C15H14BrFN2O2/c16-12-3-6-15(21)19(10-12)8-7-14(20)18-9-11-1-4-13(17)5-2-11/h1-6,10H,7-9H2,(H,18,20). The maximum absolute atomic E-state index is 12.7. The molecule has 0 aliphatic heterocycles. The number of carbonyl (C=O) groups is 1. The maximum atomic E-state index is 12.7. The molecule has 1 N–H and O–H groups in total. The van der Waals surface area contributed by atoms with Crippen LogP contribution in [0.3, 0.4) is 0 Å². The molecule has 0 saturated heterocycles. The predicted molar refractivity (Wildman–Crippen MR) is 81.3 cm³/mol. The first-order valence-corrected chi connectivity index (χ1v) is 7.21. The van der Waals surface area contributed by atoms with Crippen molar-refractivity contribution in [2.24, 2.45) is 0 Å². The molecule has 0 radical (unpaired) electrons. The van der Waals surface area contributed by atoms with Crippen LogP contribution < -0.4 is 10.9 Å². The van der Waals surface area contributed by atoms with Gasteiger partial charge in [-0.3, -0.25) is 9.59 Å². The first-order valence-electron chi connectivity index (χ1n) is 6.42. The average molecular weight is 353 g/mol. The lowest BCUT2D eigenvalue weighted by molar-refractivity contribution is -0.121. The smallest absolute Gasteiger partial charge is 0.250 e. The third-order valence-electron chi connectivity index (χ3n) is 2.93. The molecule has 0 spiro atoms. The van der Waals surface area contributed by atoms with E-state index in [4.69, 9.17) is 0 Å².